The fourth-order valence-electron chi connectivity index (χ4n) is 0. The van der Waals surface area contributed by atoms with Gasteiger partial charge in [-0.05, 0) is 0 Å². The van der Waals surface area contributed by atoms with E-state index in [0.29, 0.717) is 0 Å². The van der Waals surface area contributed by atoms with Crippen LogP contribution in [0.2, 0.25) is 0 Å². The maximum absolute atomic E-state index is 8.74. The molecule has 0 saturated carbocycles. The predicted octanol–water partition coefficient (Wildman–Crippen LogP) is -5.81. The third kappa shape index (κ3) is 131. The van der Waals surface area contributed by atoms with Crippen molar-refractivity contribution in [2.75, 3.05) is 0 Å². The van der Waals surface area contributed by atoms with Crippen LogP contribution in [-0.2, 0) is 10.4 Å². The maximum atomic E-state index is 8.74. The van der Waals surface area contributed by atoms with Crippen molar-refractivity contribution in [3.05, 3.63) is 0 Å². The van der Waals surface area contributed by atoms with Gasteiger partial charge >= 0.3 is 154 Å². The molecule has 0 spiro atoms. The van der Waals surface area contributed by atoms with Crippen molar-refractivity contribution in [1.82, 2.24) is 0 Å². The first-order valence-electron chi connectivity index (χ1n) is 0.698. The molecule has 0 saturated heterocycles. The van der Waals surface area contributed by atoms with E-state index < -0.39 is 10.4 Å². The van der Waals surface area contributed by atoms with E-state index in [2.05, 4.69) is 0 Å². The van der Waals surface area contributed by atoms with Crippen LogP contribution in [0.5, 0.6) is 0 Å². The molecule has 6 N–H and O–H groups in total. The van der Waals surface area contributed by atoms with Crippen molar-refractivity contribution < 1.29 is 33.2 Å². The van der Waals surface area contributed by atoms with Crippen LogP contribution in [-0.4, -0.2) is 172 Å². The molecule has 0 atom stereocenters. The van der Waals surface area contributed by atoms with E-state index in [9.17, 15) is 0 Å². The van der Waals surface area contributed by atoms with Crippen LogP contribution in [0, 0.1) is 0 Å². The summed E-state index contributed by atoms with van der Waals surface area (Å²) in [7, 11) is -4.67. The molecular weight excluding hydrogens is 339 g/mol. The Morgan fingerprint density at radius 1 is 0.917 bits per heavy atom. The molecule has 0 heterocycles. The Morgan fingerprint density at radius 2 is 0.917 bits per heavy atom. The molecular formula is H15Ca2FMgO6SSr. The zero-order valence-corrected chi connectivity index (χ0v) is 4.34. The fraction of sp³-hybridized carbons (Fsp3) is 0. The molecule has 72 valence electrons. The SMILES string of the molecule is F.O.O.O=S(=O)(O)O.[CaH2].[CaH2].[MgH2].[SrH2]. The molecule has 0 aromatic heterocycles. The Bertz CT molecular complexity index is 109. The first-order valence-corrected chi connectivity index (χ1v) is 2.10. The molecule has 0 aromatic rings. The summed E-state index contributed by atoms with van der Waals surface area (Å²) in [6.07, 6.45) is 0. The van der Waals surface area contributed by atoms with Gasteiger partial charge in [-0.3, -0.25) is 13.8 Å². The zero-order chi connectivity index (χ0) is 4.50. The molecule has 0 aliphatic heterocycles. The van der Waals surface area contributed by atoms with Crippen LogP contribution < -0.4 is 0 Å². The van der Waals surface area contributed by atoms with E-state index in [1.54, 1.807) is 0 Å². The van der Waals surface area contributed by atoms with E-state index in [0.717, 1.165) is 0 Å². The average Bonchev–Trinajstić information content (AvgIpc) is 0.722. The van der Waals surface area contributed by atoms with Gasteiger partial charge in [0.25, 0.3) is 0 Å². The van der Waals surface area contributed by atoms with E-state index in [1.807, 2.05) is 0 Å². The van der Waals surface area contributed by atoms with E-state index in [4.69, 9.17) is 17.5 Å². The van der Waals surface area contributed by atoms with Crippen LogP contribution in [0.3, 0.4) is 0 Å². The zero-order valence-electron chi connectivity index (χ0n) is 3.53. The quantitative estimate of drug-likeness (QED) is 0.331. The molecule has 0 unspecified atom stereocenters. The normalized spacial score (nSPS) is 4.83. The molecule has 12 heteroatoms. The summed E-state index contributed by atoms with van der Waals surface area (Å²) in [4.78, 5) is 0. The molecule has 12 heavy (non-hydrogen) atoms. The van der Waals surface area contributed by atoms with Crippen LogP contribution in [0.15, 0.2) is 0 Å². The van der Waals surface area contributed by atoms with Crippen LogP contribution in [0.4, 0.5) is 4.70 Å². The number of rotatable bonds is 0. The van der Waals surface area contributed by atoms with Gasteiger partial charge in [-0.25, -0.2) is 0 Å². The van der Waals surface area contributed by atoms with Gasteiger partial charge in [0, 0.05) is 0 Å². The van der Waals surface area contributed by atoms with Gasteiger partial charge in [-0.15, -0.1) is 0 Å². The second kappa shape index (κ2) is 29.6. The number of halogens is 1. The fourth-order valence-corrected chi connectivity index (χ4v) is 0. The van der Waals surface area contributed by atoms with E-state index in [-0.39, 0.29) is 160 Å². The standard InChI is InChI=1S/2Ca.FH.Mg.H2O4S.2H2O.Sr.8H/c;;;;1-5(2,3)4;;;;;;;;;;;/h;;1H;;(H2,1,2,3,4);2*1H2;;;;;;;;;. The first kappa shape index (κ1) is 54.9. The first-order chi connectivity index (χ1) is 2.00. The third-order valence-electron chi connectivity index (χ3n) is 0. The third-order valence-corrected chi connectivity index (χ3v) is 0. The van der Waals surface area contributed by atoms with E-state index >= 15 is 0 Å². The summed E-state index contributed by atoms with van der Waals surface area (Å²) in [6.45, 7) is 0. The molecule has 0 aliphatic rings. The van der Waals surface area contributed by atoms with Crippen molar-refractivity contribution in [2.24, 2.45) is 0 Å². The summed E-state index contributed by atoms with van der Waals surface area (Å²) in [6, 6.07) is 0. The van der Waals surface area contributed by atoms with Gasteiger partial charge in [0.05, 0.1) is 0 Å². The summed E-state index contributed by atoms with van der Waals surface area (Å²) >= 11 is 0. The molecule has 0 radical (unpaired) electrons. The Balaban J connectivity index is -0.00000000381. The summed E-state index contributed by atoms with van der Waals surface area (Å²) in [5.41, 5.74) is 0. The molecule has 6 nitrogen and oxygen atoms in total. The second-order valence-corrected chi connectivity index (χ2v) is 1.34. The Hall–Kier alpha value is 4.49. The minimum absolute atomic E-state index is 0. The summed E-state index contributed by atoms with van der Waals surface area (Å²) in [5.74, 6) is 0. The van der Waals surface area contributed by atoms with Gasteiger partial charge in [0.1, 0.15) is 0 Å². The minimum atomic E-state index is -4.67. The van der Waals surface area contributed by atoms with Crippen molar-refractivity contribution in [3.8, 4) is 0 Å². The van der Waals surface area contributed by atoms with Crippen molar-refractivity contribution in [1.29, 1.82) is 0 Å². The van der Waals surface area contributed by atoms with Crippen molar-refractivity contribution in [2.45, 2.75) is 0 Å². The second-order valence-electron chi connectivity index (χ2n) is 0.448. The average molecular weight is 354 g/mol. The molecule has 0 aliphatic carbocycles. The topological polar surface area (TPSA) is 138 Å². The number of hydrogen-bond donors (Lipinski definition) is 2. The molecule has 0 amide bonds. The molecule has 0 bridgehead atoms. The number of hydrogen-bond acceptors (Lipinski definition) is 2. The van der Waals surface area contributed by atoms with Crippen LogP contribution in [0.25, 0.3) is 0 Å². The molecule has 0 rings (SSSR count). The predicted molar refractivity (Wildman–Crippen MR) is 58.1 cm³/mol. The summed E-state index contributed by atoms with van der Waals surface area (Å²) < 4.78 is 31.6. The Morgan fingerprint density at radius 3 is 0.917 bits per heavy atom. The summed E-state index contributed by atoms with van der Waals surface area (Å²) in [5, 5.41) is 0. The Kier molecular flexibility index (Phi) is 135. The van der Waals surface area contributed by atoms with Gasteiger partial charge in [-0.1, -0.05) is 0 Å². The molecule has 0 aromatic carbocycles. The van der Waals surface area contributed by atoms with Gasteiger partial charge in [0.2, 0.25) is 0 Å². The van der Waals surface area contributed by atoms with Crippen LogP contribution in [0.1, 0.15) is 0 Å². The van der Waals surface area contributed by atoms with Crippen molar-refractivity contribution in [3.63, 3.8) is 0 Å². The monoisotopic (exact) mass is 354 g/mol. The van der Waals surface area contributed by atoms with Gasteiger partial charge in [0.15, 0.2) is 0 Å². The van der Waals surface area contributed by atoms with E-state index in [1.165, 1.54) is 0 Å². The Labute approximate surface area is 183 Å². The van der Waals surface area contributed by atoms with Crippen molar-refractivity contribution >= 4 is 154 Å². The van der Waals surface area contributed by atoms with Crippen LogP contribution >= 0.6 is 0 Å². The van der Waals surface area contributed by atoms with Gasteiger partial charge < -0.3 is 11.0 Å². The van der Waals surface area contributed by atoms with Gasteiger partial charge in [-0.2, -0.15) is 8.42 Å². The molecule has 0 fully saturated rings.